The van der Waals surface area contributed by atoms with Crippen LogP contribution in [-0.4, -0.2) is 44.4 Å². The number of hydrogen-bond donors (Lipinski definition) is 1. The number of imide groups is 1. The second-order valence-electron chi connectivity index (χ2n) is 5.48. The summed E-state index contributed by atoms with van der Waals surface area (Å²) in [6, 6.07) is 5.09. The van der Waals surface area contributed by atoms with Gasteiger partial charge in [0.25, 0.3) is 0 Å². The maximum Gasteiger partial charge on any atom is 0.413 e. The van der Waals surface area contributed by atoms with Gasteiger partial charge in [0.2, 0.25) is 15.9 Å². The molecule has 0 saturated heterocycles. The predicted molar refractivity (Wildman–Crippen MR) is 88.1 cm³/mol. The monoisotopic (exact) mass is 354 g/mol. The molecule has 0 bridgehead atoms. The molecular weight excluding hydrogens is 332 g/mol. The summed E-state index contributed by atoms with van der Waals surface area (Å²) >= 11 is 0. The molecule has 0 radical (unpaired) electrons. The zero-order valence-corrected chi connectivity index (χ0v) is 14.7. The summed E-state index contributed by atoms with van der Waals surface area (Å²) in [5, 5.41) is 2.00. The van der Waals surface area contributed by atoms with Gasteiger partial charge in [0.1, 0.15) is 0 Å². The van der Waals surface area contributed by atoms with Gasteiger partial charge in [-0.3, -0.25) is 10.1 Å². The average molecular weight is 354 g/mol. The molecule has 0 spiro atoms. The van der Waals surface area contributed by atoms with E-state index in [2.05, 4.69) is 4.74 Å². The Morgan fingerprint density at radius 1 is 1.21 bits per heavy atom. The van der Waals surface area contributed by atoms with Crippen LogP contribution >= 0.6 is 0 Å². The molecule has 132 valence electrons. The van der Waals surface area contributed by atoms with Gasteiger partial charge in [-0.15, -0.1) is 0 Å². The number of fused-ring (bicyclic) bond motifs is 1. The summed E-state index contributed by atoms with van der Waals surface area (Å²) in [6.07, 6.45) is 1.98. The van der Waals surface area contributed by atoms with Crippen molar-refractivity contribution >= 4 is 22.0 Å². The average Bonchev–Trinajstić information content (AvgIpc) is 3.00. The highest BCUT2D eigenvalue weighted by atomic mass is 32.2. The summed E-state index contributed by atoms with van der Waals surface area (Å²) in [5.74, 6) is -0.722. The number of carbonyl (C=O) groups excluding carboxylic acids is 2. The second kappa shape index (κ2) is 7.76. The van der Waals surface area contributed by atoms with E-state index in [9.17, 15) is 18.0 Å². The third-order valence-electron chi connectivity index (χ3n) is 3.90. The van der Waals surface area contributed by atoms with E-state index in [0.717, 1.165) is 29.1 Å². The molecule has 0 aromatic heterocycles. The van der Waals surface area contributed by atoms with Crippen molar-refractivity contribution in [3.8, 4) is 0 Å². The van der Waals surface area contributed by atoms with Crippen molar-refractivity contribution in [3.63, 3.8) is 0 Å². The minimum Gasteiger partial charge on any atom is -0.450 e. The van der Waals surface area contributed by atoms with Crippen molar-refractivity contribution in [2.24, 2.45) is 0 Å². The van der Waals surface area contributed by atoms with Crippen molar-refractivity contribution in [1.82, 2.24) is 9.62 Å². The first-order valence-electron chi connectivity index (χ1n) is 7.97. The minimum atomic E-state index is -3.80. The minimum absolute atomic E-state index is 0.121. The lowest BCUT2D eigenvalue weighted by molar-refractivity contribution is -0.120. The van der Waals surface area contributed by atoms with Crippen molar-refractivity contribution in [2.45, 2.75) is 38.0 Å². The molecule has 0 fully saturated rings. The van der Waals surface area contributed by atoms with Crippen LogP contribution in [0.5, 0.6) is 0 Å². The molecular formula is C16H22N2O5S. The van der Waals surface area contributed by atoms with Gasteiger partial charge in [0.05, 0.1) is 18.0 Å². The van der Waals surface area contributed by atoms with E-state index in [1.165, 1.54) is 5.56 Å². The van der Waals surface area contributed by atoms with Crippen LogP contribution in [0.25, 0.3) is 0 Å². The molecule has 0 atom stereocenters. The summed E-state index contributed by atoms with van der Waals surface area (Å²) < 4.78 is 31.1. The van der Waals surface area contributed by atoms with Gasteiger partial charge in [-0.1, -0.05) is 13.0 Å². The fourth-order valence-electron chi connectivity index (χ4n) is 2.71. The Morgan fingerprint density at radius 3 is 2.58 bits per heavy atom. The lowest BCUT2D eigenvalue weighted by Gasteiger charge is -2.20. The highest BCUT2D eigenvalue weighted by Gasteiger charge is 2.27. The van der Waals surface area contributed by atoms with E-state index in [1.807, 2.05) is 11.4 Å². The third-order valence-corrected chi connectivity index (χ3v) is 5.81. The van der Waals surface area contributed by atoms with Crippen LogP contribution in [0.15, 0.2) is 23.1 Å². The lowest BCUT2D eigenvalue weighted by Crippen LogP contribution is -2.42. The van der Waals surface area contributed by atoms with Gasteiger partial charge in [-0.25, -0.2) is 13.2 Å². The van der Waals surface area contributed by atoms with Crippen LogP contribution in [0.2, 0.25) is 0 Å². The molecule has 2 rings (SSSR count). The Labute approximate surface area is 142 Å². The standard InChI is InChI=1S/C16H22N2O5S/c1-3-18(11-15(19)17-16(20)23-4-2)24(21,22)14-9-8-12-6-5-7-13(12)10-14/h8-10H,3-7,11H2,1-2H3,(H,17,19,20). The van der Waals surface area contributed by atoms with E-state index in [4.69, 9.17) is 0 Å². The van der Waals surface area contributed by atoms with Crippen LogP contribution in [0.1, 0.15) is 31.4 Å². The van der Waals surface area contributed by atoms with Crippen LogP contribution in [0, 0.1) is 0 Å². The smallest absolute Gasteiger partial charge is 0.413 e. The molecule has 8 heteroatoms. The first kappa shape index (κ1) is 18.4. The van der Waals surface area contributed by atoms with Crippen molar-refractivity contribution in [2.75, 3.05) is 19.7 Å². The first-order chi connectivity index (χ1) is 11.4. The summed E-state index contributed by atoms with van der Waals surface area (Å²) in [6.45, 7) is 3.07. The van der Waals surface area contributed by atoms with E-state index < -0.39 is 28.6 Å². The number of aryl methyl sites for hydroxylation is 2. The molecule has 1 N–H and O–H groups in total. The van der Waals surface area contributed by atoms with Gasteiger partial charge in [0, 0.05) is 6.54 Å². The fourth-order valence-corrected chi connectivity index (χ4v) is 4.16. The van der Waals surface area contributed by atoms with Gasteiger partial charge < -0.3 is 4.74 Å². The first-order valence-corrected chi connectivity index (χ1v) is 9.41. The number of hydrogen-bond acceptors (Lipinski definition) is 5. The Balaban J connectivity index is 2.13. The topological polar surface area (TPSA) is 92.8 Å². The zero-order chi connectivity index (χ0) is 17.7. The maximum absolute atomic E-state index is 12.7. The lowest BCUT2D eigenvalue weighted by atomic mass is 10.1. The highest BCUT2D eigenvalue weighted by molar-refractivity contribution is 7.89. The van der Waals surface area contributed by atoms with Crippen LogP contribution in [0.4, 0.5) is 4.79 Å². The SMILES string of the molecule is CCOC(=O)NC(=O)CN(CC)S(=O)(=O)c1ccc2c(c1)CCC2. The fraction of sp³-hybridized carbons (Fsp3) is 0.500. The van der Waals surface area contributed by atoms with Crippen LogP contribution < -0.4 is 5.32 Å². The number of sulfonamides is 1. The zero-order valence-electron chi connectivity index (χ0n) is 13.9. The van der Waals surface area contributed by atoms with E-state index >= 15 is 0 Å². The molecule has 24 heavy (non-hydrogen) atoms. The molecule has 7 nitrogen and oxygen atoms in total. The van der Waals surface area contributed by atoms with Crippen LogP contribution in [-0.2, 0) is 32.4 Å². The molecule has 0 aliphatic heterocycles. The number of likely N-dealkylation sites (N-methyl/N-ethyl adjacent to an activating group) is 1. The molecule has 0 saturated carbocycles. The summed E-state index contributed by atoms with van der Waals surface area (Å²) in [7, 11) is -3.80. The number of alkyl carbamates (subject to hydrolysis) is 1. The second-order valence-corrected chi connectivity index (χ2v) is 7.42. The third kappa shape index (κ3) is 4.12. The Morgan fingerprint density at radius 2 is 1.92 bits per heavy atom. The Bertz CT molecular complexity index is 730. The summed E-state index contributed by atoms with van der Waals surface area (Å²) in [5.41, 5.74) is 2.22. The number of ether oxygens (including phenoxy) is 1. The van der Waals surface area contributed by atoms with Gasteiger partial charge in [-0.2, -0.15) is 4.31 Å². The number of nitrogens with zero attached hydrogens (tertiary/aromatic N) is 1. The molecule has 0 heterocycles. The van der Waals surface area contributed by atoms with Crippen molar-refractivity contribution in [1.29, 1.82) is 0 Å². The Kier molecular flexibility index (Phi) is 5.95. The normalized spacial score (nSPS) is 13.6. The van der Waals surface area contributed by atoms with Crippen molar-refractivity contribution in [3.05, 3.63) is 29.3 Å². The quantitative estimate of drug-likeness (QED) is 0.835. The number of nitrogens with one attached hydrogen (secondary N) is 1. The van der Waals surface area contributed by atoms with Crippen LogP contribution in [0.3, 0.4) is 0 Å². The van der Waals surface area contributed by atoms with E-state index in [-0.39, 0.29) is 18.0 Å². The Hall–Kier alpha value is -1.93. The molecule has 1 aromatic carbocycles. The number of carbonyl (C=O) groups is 2. The molecule has 1 aliphatic carbocycles. The van der Waals surface area contributed by atoms with Gasteiger partial charge in [-0.05, 0) is 49.4 Å². The number of benzene rings is 1. The number of amides is 2. The highest BCUT2D eigenvalue weighted by Crippen LogP contribution is 2.26. The van der Waals surface area contributed by atoms with E-state index in [1.54, 1.807) is 26.0 Å². The molecule has 0 unspecified atom stereocenters. The molecule has 1 aliphatic rings. The summed E-state index contributed by atoms with van der Waals surface area (Å²) in [4.78, 5) is 23.3. The molecule has 2 amide bonds. The molecule has 1 aromatic rings. The van der Waals surface area contributed by atoms with E-state index in [0.29, 0.717) is 0 Å². The predicted octanol–water partition coefficient (Wildman–Crippen LogP) is 1.46. The largest absolute Gasteiger partial charge is 0.450 e. The van der Waals surface area contributed by atoms with Gasteiger partial charge in [0.15, 0.2) is 0 Å². The van der Waals surface area contributed by atoms with Gasteiger partial charge >= 0.3 is 6.09 Å². The number of rotatable bonds is 6. The maximum atomic E-state index is 12.7. The van der Waals surface area contributed by atoms with Crippen molar-refractivity contribution < 1.29 is 22.7 Å².